The maximum absolute atomic E-state index is 5.01. The van der Waals surface area contributed by atoms with Gasteiger partial charge in [-0.1, -0.05) is 75.2 Å². The van der Waals surface area contributed by atoms with Crippen LogP contribution in [0.3, 0.4) is 0 Å². The van der Waals surface area contributed by atoms with E-state index in [0.29, 0.717) is 11.6 Å². The fourth-order valence-electron chi connectivity index (χ4n) is 4.46. The van der Waals surface area contributed by atoms with Gasteiger partial charge >= 0.3 is 0 Å². The third-order valence-electron chi connectivity index (χ3n) is 6.60. The number of aryl methyl sites for hydroxylation is 2. The lowest BCUT2D eigenvalue weighted by Gasteiger charge is -2.15. The number of nitrogens with zero attached hydrogens (tertiary/aromatic N) is 2. The molecule has 4 nitrogen and oxygen atoms in total. The topological polar surface area (TPSA) is 49.8 Å². The highest BCUT2D eigenvalue weighted by Crippen LogP contribution is 2.30. The molecule has 4 heteroatoms. The molecule has 0 saturated heterocycles. The lowest BCUT2D eigenvalue weighted by molar-refractivity contribution is 0.795. The van der Waals surface area contributed by atoms with Crippen LogP contribution in [0.1, 0.15) is 50.7 Å². The van der Waals surface area contributed by atoms with Gasteiger partial charge in [0.15, 0.2) is 11.6 Å². The highest BCUT2D eigenvalue weighted by Gasteiger charge is 2.12. The molecule has 0 amide bonds. The molecule has 0 bridgehead atoms. The molecule has 1 aromatic heterocycles. The summed E-state index contributed by atoms with van der Waals surface area (Å²) in [6.45, 7) is 4.45. The smallest absolute Gasteiger partial charge is 0.174 e. The summed E-state index contributed by atoms with van der Waals surface area (Å²) >= 11 is 0. The maximum Gasteiger partial charge on any atom is 0.174 e. The minimum Gasteiger partial charge on any atom is -0.337 e. The van der Waals surface area contributed by atoms with E-state index in [-0.39, 0.29) is 0 Å². The van der Waals surface area contributed by atoms with Gasteiger partial charge in [0.25, 0.3) is 0 Å². The van der Waals surface area contributed by atoms with Crippen LogP contribution in [0.5, 0.6) is 0 Å². The third-order valence-corrected chi connectivity index (χ3v) is 6.60. The lowest BCUT2D eigenvalue weighted by Crippen LogP contribution is -2.03. The van der Waals surface area contributed by atoms with Crippen molar-refractivity contribution in [1.82, 2.24) is 9.97 Å². The van der Waals surface area contributed by atoms with Crippen molar-refractivity contribution in [2.24, 2.45) is 0 Å². The number of hydrogen-bond acceptors (Lipinski definition) is 4. The molecule has 0 spiro atoms. The second kappa shape index (κ2) is 11.2. The van der Waals surface area contributed by atoms with Gasteiger partial charge in [-0.2, -0.15) is 0 Å². The van der Waals surface area contributed by atoms with E-state index in [9.17, 15) is 0 Å². The van der Waals surface area contributed by atoms with E-state index < -0.39 is 0 Å². The predicted octanol–water partition coefficient (Wildman–Crippen LogP) is 8.96. The highest BCUT2D eigenvalue weighted by atomic mass is 15.1. The molecule has 182 valence electrons. The van der Waals surface area contributed by atoms with Gasteiger partial charge in [-0.15, -0.1) is 0 Å². The average Bonchev–Trinajstić information content (AvgIpc) is 2.91. The molecule has 2 N–H and O–H groups in total. The standard InChI is InChI=1S/C32H34N4/c1-3-5-9-23-13-17-27(18-14-23)33-31-32(34-28-19-15-24(16-20-28)10-6-4-2)36-30-22-26-12-8-7-11-25(26)21-29(30)35-31/h7-8,11-22H,3-6,9-10H2,1-2H3,(H,33,35)(H,34,36). The first kappa shape index (κ1) is 23.8. The van der Waals surface area contributed by atoms with Gasteiger partial charge in [0.2, 0.25) is 0 Å². The summed E-state index contributed by atoms with van der Waals surface area (Å²) < 4.78 is 0. The van der Waals surface area contributed by atoms with E-state index in [0.717, 1.165) is 46.0 Å². The number of nitrogens with one attached hydrogen (secondary N) is 2. The summed E-state index contributed by atoms with van der Waals surface area (Å²) in [6, 6.07) is 29.9. The van der Waals surface area contributed by atoms with Gasteiger partial charge in [0, 0.05) is 11.4 Å². The van der Waals surface area contributed by atoms with Crippen molar-refractivity contribution in [2.75, 3.05) is 10.6 Å². The molecule has 5 aromatic rings. The van der Waals surface area contributed by atoms with Crippen LogP contribution in [0, 0.1) is 0 Å². The van der Waals surface area contributed by atoms with Crippen LogP contribution in [0.4, 0.5) is 23.0 Å². The Hall–Kier alpha value is -3.92. The first-order valence-electron chi connectivity index (χ1n) is 13.1. The summed E-state index contributed by atoms with van der Waals surface area (Å²) in [4.78, 5) is 10.0. The molecule has 0 fully saturated rings. The van der Waals surface area contributed by atoms with Crippen molar-refractivity contribution in [3.8, 4) is 0 Å². The minimum absolute atomic E-state index is 0.717. The quantitative estimate of drug-likeness (QED) is 0.198. The molecule has 0 aliphatic heterocycles. The normalized spacial score (nSPS) is 11.2. The average molecular weight is 475 g/mol. The van der Waals surface area contributed by atoms with Crippen molar-refractivity contribution >= 4 is 44.8 Å². The third kappa shape index (κ3) is 5.65. The van der Waals surface area contributed by atoms with Crippen LogP contribution in [0.2, 0.25) is 0 Å². The first-order valence-corrected chi connectivity index (χ1v) is 13.1. The SMILES string of the molecule is CCCCc1ccc(Nc2nc3cc4ccccc4cc3nc2Nc2ccc(CCCC)cc2)cc1. The number of fused-ring (bicyclic) bond motifs is 2. The summed E-state index contributed by atoms with van der Waals surface area (Å²) in [5.74, 6) is 1.43. The first-order chi connectivity index (χ1) is 17.7. The molecule has 1 heterocycles. The number of benzene rings is 4. The van der Waals surface area contributed by atoms with Crippen LogP contribution in [-0.4, -0.2) is 9.97 Å². The number of aromatic nitrogens is 2. The molecule has 36 heavy (non-hydrogen) atoms. The molecular formula is C32H34N4. The Kier molecular flexibility index (Phi) is 7.41. The molecular weight excluding hydrogens is 440 g/mol. The summed E-state index contributed by atoms with van der Waals surface area (Å²) in [5, 5.41) is 9.36. The van der Waals surface area contributed by atoms with Crippen molar-refractivity contribution in [3.63, 3.8) is 0 Å². The largest absolute Gasteiger partial charge is 0.337 e. The van der Waals surface area contributed by atoms with Crippen molar-refractivity contribution in [2.45, 2.75) is 52.4 Å². The number of rotatable bonds is 10. The van der Waals surface area contributed by atoms with Gasteiger partial charge < -0.3 is 10.6 Å². The molecule has 4 aromatic carbocycles. The van der Waals surface area contributed by atoms with E-state index in [1.165, 1.54) is 36.8 Å². The second-order valence-electron chi connectivity index (χ2n) is 9.46. The van der Waals surface area contributed by atoms with Crippen LogP contribution in [0.15, 0.2) is 84.9 Å². The van der Waals surface area contributed by atoms with Crippen LogP contribution >= 0.6 is 0 Å². The van der Waals surface area contributed by atoms with E-state index in [1.54, 1.807) is 0 Å². The Balaban J connectivity index is 1.49. The molecule has 5 rings (SSSR count). The summed E-state index contributed by atoms with van der Waals surface area (Å²) in [7, 11) is 0. The molecule has 0 unspecified atom stereocenters. The molecule has 0 aliphatic rings. The van der Waals surface area contributed by atoms with Crippen LogP contribution in [-0.2, 0) is 12.8 Å². The maximum atomic E-state index is 5.01. The monoisotopic (exact) mass is 474 g/mol. The molecule has 0 saturated carbocycles. The van der Waals surface area contributed by atoms with Gasteiger partial charge in [-0.05, 0) is 84.0 Å². The molecule has 0 radical (unpaired) electrons. The molecule has 0 atom stereocenters. The number of hydrogen-bond donors (Lipinski definition) is 2. The summed E-state index contributed by atoms with van der Waals surface area (Å²) in [5.41, 5.74) is 6.47. The van der Waals surface area contributed by atoms with E-state index in [2.05, 4.69) is 109 Å². The van der Waals surface area contributed by atoms with Crippen molar-refractivity contribution in [1.29, 1.82) is 0 Å². The Labute approximate surface area is 213 Å². The Morgan fingerprint density at radius 2 is 0.972 bits per heavy atom. The van der Waals surface area contributed by atoms with Crippen molar-refractivity contribution < 1.29 is 0 Å². The predicted molar refractivity (Wildman–Crippen MR) is 154 cm³/mol. The van der Waals surface area contributed by atoms with E-state index in [1.807, 2.05) is 0 Å². The lowest BCUT2D eigenvalue weighted by atomic mass is 10.1. The highest BCUT2D eigenvalue weighted by molar-refractivity contribution is 5.96. The molecule has 0 aliphatic carbocycles. The Morgan fingerprint density at radius 3 is 1.36 bits per heavy atom. The van der Waals surface area contributed by atoms with Gasteiger partial charge in [-0.25, -0.2) is 9.97 Å². The Bertz CT molecular complexity index is 1330. The zero-order chi connectivity index (χ0) is 24.7. The van der Waals surface area contributed by atoms with E-state index in [4.69, 9.17) is 9.97 Å². The fourth-order valence-corrected chi connectivity index (χ4v) is 4.46. The number of anilines is 4. The Morgan fingerprint density at radius 1 is 0.556 bits per heavy atom. The van der Waals surface area contributed by atoms with Gasteiger partial charge in [-0.3, -0.25) is 0 Å². The number of unbranched alkanes of at least 4 members (excludes halogenated alkanes) is 2. The fraction of sp³-hybridized carbons (Fsp3) is 0.250. The zero-order valence-corrected chi connectivity index (χ0v) is 21.2. The van der Waals surface area contributed by atoms with E-state index >= 15 is 0 Å². The minimum atomic E-state index is 0.717. The van der Waals surface area contributed by atoms with Crippen LogP contribution < -0.4 is 10.6 Å². The second-order valence-corrected chi connectivity index (χ2v) is 9.46. The van der Waals surface area contributed by atoms with Gasteiger partial charge in [0.05, 0.1) is 11.0 Å². The zero-order valence-electron chi connectivity index (χ0n) is 21.2. The van der Waals surface area contributed by atoms with Crippen molar-refractivity contribution in [3.05, 3.63) is 96.1 Å². The summed E-state index contributed by atoms with van der Waals surface area (Å²) in [6.07, 6.45) is 7.05. The van der Waals surface area contributed by atoms with Gasteiger partial charge in [0.1, 0.15) is 0 Å². The van der Waals surface area contributed by atoms with Crippen LogP contribution in [0.25, 0.3) is 21.8 Å².